The van der Waals surface area contributed by atoms with Crippen LogP contribution in [0.4, 0.5) is 8.78 Å². The Balaban J connectivity index is 0.00000441. The van der Waals surface area contributed by atoms with Crippen LogP contribution < -0.4 is 5.32 Å². The van der Waals surface area contributed by atoms with Gasteiger partial charge in [0.25, 0.3) is 0 Å². The first-order valence-corrected chi connectivity index (χ1v) is 7.83. The summed E-state index contributed by atoms with van der Waals surface area (Å²) in [6.07, 6.45) is 0.0925. The molecule has 1 amide bonds. The van der Waals surface area contributed by atoms with Gasteiger partial charge in [0.1, 0.15) is 0 Å². The fraction of sp³-hybridized carbons (Fsp3) is 0.462. The Morgan fingerprint density at radius 3 is 2.27 bits per heavy atom. The molecule has 0 aromatic heterocycles. The highest BCUT2D eigenvalue weighted by molar-refractivity contribution is 7.91. The minimum Gasteiger partial charge on any atom is -0.344 e. The third-order valence-corrected chi connectivity index (χ3v) is 4.36. The molecule has 1 rings (SSSR count). The van der Waals surface area contributed by atoms with E-state index in [2.05, 4.69) is 5.32 Å². The van der Waals surface area contributed by atoms with E-state index in [4.69, 9.17) is 0 Å². The molecule has 0 saturated carbocycles. The number of nitrogens with one attached hydrogen (secondary N) is 1. The third-order valence-electron chi connectivity index (χ3n) is 2.96. The molecular weight excluding hydrogens is 338 g/mol. The lowest BCUT2D eigenvalue weighted by Gasteiger charge is -2.16. The van der Waals surface area contributed by atoms with Crippen LogP contribution in [0, 0.1) is 0 Å². The van der Waals surface area contributed by atoms with E-state index >= 15 is 0 Å². The van der Waals surface area contributed by atoms with E-state index in [0.29, 0.717) is 18.7 Å². The predicted molar refractivity (Wildman–Crippen MR) is 82.1 cm³/mol. The van der Waals surface area contributed by atoms with Gasteiger partial charge in [0, 0.05) is 20.1 Å². The number of likely N-dealkylation sites (N-methyl/N-ethyl adjacent to an activating group) is 2. The molecule has 0 atom stereocenters. The Morgan fingerprint density at radius 2 is 1.82 bits per heavy atom. The van der Waals surface area contributed by atoms with Gasteiger partial charge in [0.2, 0.25) is 15.7 Å². The number of rotatable bonds is 7. The van der Waals surface area contributed by atoms with Gasteiger partial charge in [-0.05, 0) is 24.7 Å². The molecule has 1 N–H and O–H groups in total. The molecule has 1 aromatic carbocycles. The number of carbonyl (C=O) groups is 1. The van der Waals surface area contributed by atoms with Crippen LogP contribution in [0.25, 0.3) is 0 Å². The zero-order valence-corrected chi connectivity index (χ0v) is 13.9. The van der Waals surface area contributed by atoms with Crippen molar-refractivity contribution in [2.24, 2.45) is 0 Å². The van der Waals surface area contributed by atoms with Gasteiger partial charge in [-0.2, -0.15) is 8.78 Å². The maximum absolute atomic E-state index is 12.4. The molecule has 0 bridgehead atoms. The first kappa shape index (κ1) is 20.8. The Hall–Kier alpha value is -1.25. The number of amides is 1. The third kappa shape index (κ3) is 5.51. The second-order valence-electron chi connectivity index (χ2n) is 4.55. The lowest BCUT2D eigenvalue weighted by atomic mass is 10.1. The van der Waals surface area contributed by atoms with Crippen LogP contribution in [-0.2, 0) is 21.1 Å². The number of halogens is 3. The highest BCUT2D eigenvalue weighted by Gasteiger charge is 2.26. The minimum atomic E-state index is -4.59. The molecule has 0 unspecified atom stereocenters. The number of alkyl halides is 2. The molecule has 22 heavy (non-hydrogen) atoms. The largest absolute Gasteiger partial charge is 0.344 e. The highest BCUT2D eigenvalue weighted by atomic mass is 35.5. The molecule has 0 radical (unpaired) electrons. The predicted octanol–water partition coefficient (Wildman–Crippen LogP) is 1.32. The van der Waals surface area contributed by atoms with Crippen molar-refractivity contribution >= 4 is 28.2 Å². The van der Waals surface area contributed by atoms with Gasteiger partial charge in [0.05, 0.1) is 11.3 Å². The van der Waals surface area contributed by atoms with Crippen molar-refractivity contribution in [3.8, 4) is 0 Å². The topological polar surface area (TPSA) is 66.5 Å². The van der Waals surface area contributed by atoms with Crippen molar-refractivity contribution in [2.75, 3.05) is 27.2 Å². The van der Waals surface area contributed by atoms with Crippen LogP contribution in [0.1, 0.15) is 5.56 Å². The van der Waals surface area contributed by atoms with Crippen molar-refractivity contribution in [3.63, 3.8) is 0 Å². The summed E-state index contributed by atoms with van der Waals surface area (Å²) in [5.74, 6) is -3.58. The normalized spacial score (nSPS) is 11.1. The number of sulfone groups is 1. The lowest BCUT2D eigenvalue weighted by molar-refractivity contribution is -0.129. The van der Waals surface area contributed by atoms with E-state index in [-0.39, 0.29) is 24.7 Å². The molecule has 126 valence electrons. The smallest absolute Gasteiger partial charge is 0.341 e. The van der Waals surface area contributed by atoms with E-state index in [1.807, 2.05) is 0 Å². The van der Waals surface area contributed by atoms with Crippen LogP contribution in [0.5, 0.6) is 0 Å². The maximum atomic E-state index is 12.4. The summed E-state index contributed by atoms with van der Waals surface area (Å²) in [7, 11) is -1.15. The van der Waals surface area contributed by atoms with Crippen LogP contribution in [0.2, 0.25) is 0 Å². The van der Waals surface area contributed by atoms with Gasteiger partial charge in [-0.3, -0.25) is 4.79 Å². The molecule has 0 saturated heterocycles. The molecule has 5 nitrogen and oxygen atoms in total. The molecule has 0 fully saturated rings. The average molecular weight is 357 g/mol. The van der Waals surface area contributed by atoms with E-state index in [1.165, 1.54) is 12.1 Å². The zero-order chi connectivity index (χ0) is 16.0. The van der Waals surface area contributed by atoms with E-state index < -0.39 is 20.5 Å². The standard InChI is InChI=1S/C13H18F2N2O3S.ClH/c1-16-7-8-17(2)12(18)9-10-3-5-11(6-4-10)21(19,20)13(14)15;/h3-6,13,16H,7-9H2,1-2H3;1H. The summed E-state index contributed by atoms with van der Waals surface area (Å²) in [4.78, 5) is 13.0. The summed E-state index contributed by atoms with van der Waals surface area (Å²) in [6.45, 7) is 1.21. The van der Waals surface area contributed by atoms with E-state index in [0.717, 1.165) is 12.1 Å². The van der Waals surface area contributed by atoms with Gasteiger partial charge in [0.15, 0.2) is 0 Å². The summed E-state index contributed by atoms with van der Waals surface area (Å²) in [5.41, 5.74) is 0.574. The summed E-state index contributed by atoms with van der Waals surface area (Å²) >= 11 is 0. The summed E-state index contributed by atoms with van der Waals surface area (Å²) in [5, 5.41) is 2.92. The van der Waals surface area contributed by atoms with Crippen LogP contribution in [0.3, 0.4) is 0 Å². The monoisotopic (exact) mass is 356 g/mol. The van der Waals surface area contributed by atoms with Crippen LogP contribution in [-0.4, -0.2) is 52.2 Å². The van der Waals surface area contributed by atoms with Gasteiger partial charge in [-0.25, -0.2) is 8.42 Å². The van der Waals surface area contributed by atoms with E-state index in [1.54, 1.807) is 19.0 Å². The van der Waals surface area contributed by atoms with Gasteiger partial charge in [-0.15, -0.1) is 12.4 Å². The van der Waals surface area contributed by atoms with Crippen LogP contribution >= 0.6 is 12.4 Å². The molecule has 0 aliphatic rings. The first-order chi connectivity index (χ1) is 9.78. The lowest BCUT2D eigenvalue weighted by Crippen LogP contribution is -2.33. The van der Waals surface area contributed by atoms with Gasteiger partial charge >= 0.3 is 5.76 Å². The molecule has 0 aliphatic carbocycles. The zero-order valence-electron chi connectivity index (χ0n) is 12.3. The second-order valence-corrected chi connectivity index (χ2v) is 6.46. The Kier molecular flexibility index (Phi) is 8.50. The first-order valence-electron chi connectivity index (χ1n) is 6.28. The van der Waals surface area contributed by atoms with Gasteiger partial charge in [-0.1, -0.05) is 12.1 Å². The Labute approximate surface area is 135 Å². The number of nitrogens with zero attached hydrogens (tertiary/aromatic N) is 1. The number of benzene rings is 1. The molecule has 0 aliphatic heterocycles. The van der Waals surface area contributed by atoms with E-state index in [9.17, 15) is 22.0 Å². The SMILES string of the molecule is CNCCN(C)C(=O)Cc1ccc(S(=O)(=O)C(F)F)cc1.Cl. The highest BCUT2D eigenvalue weighted by Crippen LogP contribution is 2.18. The number of carbonyl (C=O) groups excluding carboxylic acids is 1. The van der Waals surface area contributed by atoms with Crippen molar-refractivity contribution < 1.29 is 22.0 Å². The van der Waals surface area contributed by atoms with Crippen LogP contribution in [0.15, 0.2) is 29.2 Å². The molecule has 9 heteroatoms. The quantitative estimate of drug-likeness (QED) is 0.800. The summed E-state index contributed by atoms with van der Waals surface area (Å²) < 4.78 is 47.3. The molecule has 1 aromatic rings. The fourth-order valence-electron chi connectivity index (χ4n) is 1.61. The molecule has 0 heterocycles. The summed E-state index contributed by atoms with van der Waals surface area (Å²) in [6, 6.07) is 4.94. The van der Waals surface area contributed by atoms with Gasteiger partial charge < -0.3 is 10.2 Å². The van der Waals surface area contributed by atoms with Crippen molar-refractivity contribution in [1.82, 2.24) is 10.2 Å². The maximum Gasteiger partial charge on any atom is 0.341 e. The molecular formula is C13H19ClF2N2O3S. The van der Waals surface area contributed by atoms with Crippen molar-refractivity contribution in [3.05, 3.63) is 29.8 Å². The molecule has 0 spiro atoms. The average Bonchev–Trinajstić information content (AvgIpc) is 2.45. The fourth-order valence-corrected chi connectivity index (χ4v) is 2.33. The second kappa shape index (κ2) is 9.02. The Morgan fingerprint density at radius 1 is 1.27 bits per heavy atom. The van der Waals surface area contributed by atoms with Crippen molar-refractivity contribution in [2.45, 2.75) is 17.1 Å². The number of hydrogen-bond donors (Lipinski definition) is 1. The number of hydrogen-bond acceptors (Lipinski definition) is 4. The van der Waals surface area contributed by atoms with Crippen molar-refractivity contribution in [1.29, 1.82) is 0 Å². The Bertz CT molecular complexity index is 579. The minimum absolute atomic E-state index is 0.